The lowest BCUT2D eigenvalue weighted by atomic mass is 10.1. The maximum atomic E-state index is 5.87. The summed E-state index contributed by atoms with van der Waals surface area (Å²) in [4.78, 5) is 12.1. The molecule has 20 heavy (non-hydrogen) atoms. The lowest BCUT2D eigenvalue weighted by Crippen LogP contribution is -2.05. The highest BCUT2D eigenvalue weighted by atomic mass is 35.5. The fourth-order valence-electron chi connectivity index (χ4n) is 1.82. The summed E-state index contributed by atoms with van der Waals surface area (Å²) < 4.78 is 5.75. The van der Waals surface area contributed by atoms with Gasteiger partial charge in [0.2, 0.25) is 11.2 Å². The second kappa shape index (κ2) is 6.05. The van der Waals surface area contributed by atoms with Crippen LogP contribution in [0.15, 0.2) is 12.1 Å². The Labute approximate surface area is 123 Å². The maximum absolute atomic E-state index is 5.87. The van der Waals surface area contributed by atoms with Gasteiger partial charge < -0.3 is 10.1 Å². The molecule has 0 amide bonds. The number of aromatic nitrogens is 3. The molecule has 0 bridgehead atoms. The summed E-state index contributed by atoms with van der Waals surface area (Å²) in [6, 6.07) is 4.24. The van der Waals surface area contributed by atoms with Crippen LogP contribution in [0.2, 0.25) is 5.28 Å². The average Bonchev–Trinajstić information content (AvgIpc) is 2.35. The predicted octanol–water partition coefficient (Wildman–Crippen LogP) is 3.67. The molecule has 0 aliphatic heterocycles. The van der Waals surface area contributed by atoms with E-state index in [0.717, 1.165) is 22.4 Å². The molecule has 0 aliphatic rings. The quantitative estimate of drug-likeness (QED) is 0.931. The van der Waals surface area contributed by atoms with E-state index < -0.39 is 0 Å². The second-order valence-electron chi connectivity index (χ2n) is 4.55. The Morgan fingerprint density at radius 2 is 1.90 bits per heavy atom. The van der Waals surface area contributed by atoms with Crippen molar-refractivity contribution in [3.05, 3.63) is 34.1 Å². The normalized spacial score (nSPS) is 10.4. The third kappa shape index (κ3) is 3.36. The van der Waals surface area contributed by atoms with Crippen LogP contribution >= 0.6 is 11.6 Å². The number of ether oxygens (including phenoxy) is 1. The first-order valence-corrected chi connectivity index (χ1v) is 6.78. The van der Waals surface area contributed by atoms with Crippen molar-refractivity contribution in [2.24, 2.45) is 0 Å². The monoisotopic (exact) mass is 292 g/mol. The zero-order valence-electron chi connectivity index (χ0n) is 12.0. The third-order valence-electron chi connectivity index (χ3n) is 2.89. The van der Waals surface area contributed by atoms with Gasteiger partial charge in [-0.3, -0.25) is 0 Å². The molecule has 0 spiro atoms. The number of hydrogen-bond acceptors (Lipinski definition) is 5. The van der Waals surface area contributed by atoms with Crippen molar-refractivity contribution in [2.45, 2.75) is 27.7 Å². The van der Waals surface area contributed by atoms with Gasteiger partial charge in [0, 0.05) is 6.54 Å². The van der Waals surface area contributed by atoms with E-state index in [9.17, 15) is 0 Å². The molecule has 0 unspecified atom stereocenters. The van der Waals surface area contributed by atoms with Gasteiger partial charge in [0.25, 0.3) is 0 Å². The molecule has 1 N–H and O–H groups in total. The molecule has 2 aromatic rings. The Balaban J connectivity index is 2.34. The highest BCUT2D eigenvalue weighted by Gasteiger charge is 2.10. The summed E-state index contributed by atoms with van der Waals surface area (Å²) in [5, 5.41) is 3.09. The minimum atomic E-state index is 0.105. The van der Waals surface area contributed by atoms with Crippen molar-refractivity contribution in [3.8, 4) is 11.8 Å². The van der Waals surface area contributed by atoms with Crippen LogP contribution in [0.3, 0.4) is 0 Å². The summed E-state index contributed by atoms with van der Waals surface area (Å²) in [6.07, 6.45) is 0. The highest BCUT2D eigenvalue weighted by Crippen LogP contribution is 2.27. The van der Waals surface area contributed by atoms with Crippen LogP contribution in [0.25, 0.3) is 0 Å². The standard InChI is InChI=1S/C14H17ClN4O/c1-5-16-13-17-12(15)18-14(19-13)20-11-7-8(2)6-9(3)10(11)4/h6-7H,5H2,1-4H3,(H,16,17,18,19). The molecule has 1 aromatic heterocycles. The minimum Gasteiger partial charge on any atom is -0.424 e. The zero-order chi connectivity index (χ0) is 14.7. The molecule has 0 fully saturated rings. The van der Waals surface area contributed by atoms with Crippen LogP contribution in [0.5, 0.6) is 11.8 Å². The van der Waals surface area contributed by atoms with Crippen molar-refractivity contribution in [1.82, 2.24) is 15.0 Å². The lowest BCUT2D eigenvalue weighted by Gasteiger charge is -2.11. The highest BCUT2D eigenvalue weighted by molar-refractivity contribution is 6.28. The van der Waals surface area contributed by atoms with Gasteiger partial charge in [-0.1, -0.05) is 6.07 Å². The van der Waals surface area contributed by atoms with Gasteiger partial charge in [0.05, 0.1) is 0 Å². The first kappa shape index (κ1) is 14.5. The number of nitrogens with one attached hydrogen (secondary N) is 1. The third-order valence-corrected chi connectivity index (χ3v) is 3.06. The van der Waals surface area contributed by atoms with Crippen LogP contribution in [0, 0.1) is 20.8 Å². The van der Waals surface area contributed by atoms with Crippen molar-refractivity contribution in [3.63, 3.8) is 0 Å². The summed E-state index contributed by atoms with van der Waals surface area (Å²) in [6.45, 7) is 8.70. The Morgan fingerprint density at radius 3 is 2.60 bits per heavy atom. The van der Waals surface area contributed by atoms with E-state index in [2.05, 4.69) is 26.3 Å². The molecule has 1 aromatic carbocycles. The molecule has 106 valence electrons. The molecule has 0 aliphatic carbocycles. The van der Waals surface area contributed by atoms with E-state index in [1.165, 1.54) is 0 Å². The van der Waals surface area contributed by atoms with Crippen LogP contribution in [-0.2, 0) is 0 Å². The first-order chi connectivity index (χ1) is 9.49. The average molecular weight is 293 g/mol. The van der Waals surface area contributed by atoms with Crippen molar-refractivity contribution in [2.75, 3.05) is 11.9 Å². The second-order valence-corrected chi connectivity index (χ2v) is 4.89. The smallest absolute Gasteiger partial charge is 0.328 e. The molecule has 0 atom stereocenters. The van der Waals surface area contributed by atoms with Crippen molar-refractivity contribution < 1.29 is 4.74 Å². The topological polar surface area (TPSA) is 59.9 Å². The van der Waals surface area contributed by atoms with Gasteiger partial charge in [-0.05, 0) is 62.1 Å². The van der Waals surface area contributed by atoms with Gasteiger partial charge >= 0.3 is 6.01 Å². The van der Waals surface area contributed by atoms with Crippen molar-refractivity contribution >= 4 is 17.5 Å². The number of anilines is 1. The fraction of sp³-hybridized carbons (Fsp3) is 0.357. The van der Waals surface area contributed by atoms with E-state index in [1.807, 2.05) is 33.8 Å². The van der Waals surface area contributed by atoms with Crippen LogP contribution in [0.4, 0.5) is 5.95 Å². The van der Waals surface area contributed by atoms with Crippen LogP contribution < -0.4 is 10.1 Å². The number of nitrogens with zero attached hydrogens (tertiary/aromatic N) is 3. The molecule has 1 heterocycles. The van der Waals surface area contributed by atoms with E-state index in [0.29, 0.717) is 12.5 Å². The molecule has 5 nitrogen and oxygen atoms in total. The Hall–Kier alpha value is -1.88. The number of rotatable bonds is 4. The Kier molecular flexibility index (Phi) is 4.39. The number of aryl methyl sites for hydroxylation is 2. The number of halogens is 1. The molecule has 0 radical (unpaired) electrons. The fourth-order valence-corrected chi connectivity index (χ4v) is 1.97. The predicted molar refractivity (Wildman–Crippen MR) is 79.7 cm³/mol. The van der Waals surface area contributed by atoms with E-state index >= 15 is 0 Å². The van der Waals surface area contributed by atoms with E-state index in [1.54, 1.807) is 0 Å². The van der Waals surface area contributed by atoms with Gasteiger partial charge in [0.1, 0.15) is 5.75 Å². The molecular formula is C14H17ClN4O. The van der Waals surface area contributed by atoms with Gasteiger partial charge in [-0.15, -0.1) is 0 Å². The van der Waals surface area contributed by atoms with Crippen LogP contribution in [0.1, 0.15) is 23.6 Å². The Bertz CT molecular complexity index is 631. The molecule has 0 saturated carbocycles. The van der Waals surface area contributed by atoms with Gasteiger partial charge in [-0.25, -0.2) is 0 Å². The first-order valence-electron chi connectivity index (χ1n) is 6.40. The summed E-state index contributed by atoms with van der Waals surface area (Å²) in [5.74, 6) is 1.14. The summed E-state index contributed by atoms with van der Waals surface area (Å²) >= 11 is 5.87. The molecular weight excluding hydrogens is 276 g/mol. The van der Waals surface area contributed by atoms with E-state index in [-0.39, 0.29) is 11.3 Å². The number of hydrogen-bond donors (Lipinski definition) is 1. The Morgan fingerprint density at radius 1 is 1.15 bits per heavy atom. The SMILES string of the molecule is CCNc1nc(Cl)nc(Oc2cc(C)cc(C)c2C)n1. The summed E-state index contributed by atoms with van der Waals surface area (Å²) in [5.41, 5.74) is 3.33. The summed E-state index contributed by atoms with van der Waals surface area (Å²) in [7, 11) is 0. The van der Waals surface area contributed by atoms with Gasteiger partial charge in [-0.2, -0.15) is 15.0 Å². The largest absolute Gasteiger partial charge is 0.424 e. The zero-order valence-corrected chi connectivity index (χ0v) is 12.7. The van der Waals surface area contributed by atoms with Crippen LogP contribution in [-0.4, -0.2) is 21.5 Å². The molecule has 6 heteroatoms. The van der Waals surface area contributed by atoms with Gasteiger partial charge in [0.15, 0.2) is 0 Å². The molecule has 0 saturated heterocycles. The maximum Gasteiger partial charge on any atom is 0.328 e. The lowest BCUT2D eigenvalue weighted by molar-refractivity contribution is 0.436. The number of benzene rings is 1. The van der Waals surface area contributed by atoms with Crippen molar-refractivity contribution in [1.29, 1.82) is 0 Å². The van der Waals surface area contributed by atoms with E-state index in [4.69, 9.17) is 16.3 Å². The molecule has 2 rings (SSSR count). The minimum absolute atomic E-state index is 0.105.